The number of halogens is 1. The maximum absolute atomic E-state index is 12.2. The molecule has 0 aliphatic carbocycles. The van der Waals surface area contributed by atoms with Crippen molar-refractivity contribution < 1.29 is 9.00 Å². The quantitative estimate of drug-likeness (QED) is 0.829. The molecular formula is C12H14ClNO2S. The highest BCUT2D eigenvalue weighted by molar-refractivity contribution is 7.83. The fourth-order valence-corrected chi connectivity index (χ4v) is 3.13. The topological polar surface area (TPSA) is 37.4 Å². The van der Waals surface area contributed by atoms with E-state index in [1.54, 1.807) is 24.3 Å². The largest absolute Gasteiger partial charge is 0.274 e. The standard InChI is InChI=1S/C12H14ClNO2S/c13-10-5-7-11(8-6-10)17(16)14-9-3-1-2-4-12(14)15/h5-8H,1-4,9H2. The molecule has 1 saturated heterocycles. The van der Waals surface area contributed by atoms with Crippen molar-refractivity contribution in [3.63, 3.8) is 0 Å². The second-order valence-corrected chi connectivity index (χ2v) is 5.86. The smallest absolute Gasteiger partial charge is 0.234 e. The Kier molecular flexibility index (Phi) is 4.18. The molecule has 2 rings (SSSR count). The van der Waals surface area contributed by atoms with Crippen molar-refractivity contribution >= 4 is 28.5 Å². The molecule has 1 aromatic rings. The fraction of sp³-hybridized carbons (Fsp3) is 0.417. The molecule has 0 N–H and O–H groups in total. The average molecular weight is 272 g/mol. The molecule has 0 radical (unpaired) electrons. The molecule has 92 valence electrons. The third kappa shape index (κ3) is 3.07. The van der Waals surface area contributed by atoms with Gasteiger partial charge in [-0.3, -0.25) is 9.10 Å². The minimum atomic E-state index is -1.39. The van der Waals surface area contributed by atoms with E-state index in [2.05, 4.69) is 0 Å². The van der Waals surface area contributed by atoms with Crippen LogP contribution in [0.25, 0.3) is 0 Å². The highest BCUT2D eigenvalue weighted by Gasteiger charge is 2.22. The van der Waals surface area contributed by atoms with Gasteiger partial charge in [-0.1, -0.05) is 18.0 Å². The minimum Gasteiger partial charge on any atom is -0.274 e. The second-order valence-electron chi connectivity index (χ2n) is 4.01. The predicted octanol–water partition coefficient (Wildman–Crippen LogP) is 2.77. The van der Waals surface area contributed by atoms with Crippen LogP contribution in [0.2, 0.25) is 5.02 Å². The summed E-state index contributed by atoms with van der Waals surface area (Å²) in [5, 5.41) is 0.605. The van der Waals surface area contributed by atoms with Crippen molar-refractivity contribution in [2.24, 2.45) is 0 Å². The van der Waals surface area contributed by atoms with Crippen molar-refractivity contribution in [3.8, 4) is 0 Å². The maximum atomic E-state index is 12.2. The lowest BCUT2D eigenvalue weighted by atomic mass is 10.2. The lowest BCUT2D eigenvalue weighted by molar-refractivity contribution is -0.125. The molecular weight excluding hydrogens is 258 g/mol. The first-order valence-electron chi connectivity index (χ1n) is 5.66. The van der Waals surface area contributed by atoms with Gasteiger partial charge in [-0.15, -0.1) is 0 Å². The molecule has 1 heterocycles. The Bertz CT molecular complexity index is 433. The highest BCUT2D eigenvalue weighted by atomic mass is 35.5. The summed E-state index contributed by atoms with van der Waals surface area (Å²) in [4.78, 5) is 12.4. The van der Waals surface area contributed by atoms with E-state index < -0.39 is 11.0 Å². The summed E-state index contributed by atoms with van der Waals surface area (Å²) in [5.41, 5.74) is 0. The van der Waals surface area contributed by atoms with Crippen molar-refractivity contribution in [3.05, 3.63) is 29.3 Å². The lowest BCUT2D eigenvalue weighted by Crippen LogP contribution is -2.32. The van der Waals surface area contributed by atoms with Crippen LogP contribution in [-0.4, -0.2) is 21.0 Å². The highest BCUT2D eigenvalue weighted by Crippen LogP contribution is 2.19. The van der Waals surface area contributed by atoms with E-state index in [4.69, 9.17) is 11.6 Å². The molecule has 1 amide bonds. The minimum absolute atomic E-state index is 0.0178. The third-order valence-corrected chi connectivity index (χ3v) is 4.46. The van der Waals surface area contributed by atoms with Gasteiger partial charge in [0.2, 0.25) is 5.91 Å². The zero-order valence-electron chi connectivity index (χ0n) is 9.39. The van der Waals surface area contributed by atoms with Crippen LogP contribution in [0, 0.1) is 0 Å². The lowest BCUT2D eigenvalue weighted by Gasteiger charge is -2.18. The Morgan fingerprint density at radius 1 is 1.12 bits per heavy atom. The Balaban J connectivity index is 2.18. The molecule has 5 heteroatoms. The molecule has 3 nitrogen and oxygen atoms in total. The van der Waals surface area contributed by atoms with Crippen molar-refractivity contribution in [2.45, 2.75) is 30.6 Å². The first-order chi connectivity index (χ1) is 8.18. The Hall–Kier alpha value is -0.870. The summed E-state index contributed by atoms with van der Waals surface area (Å²) in [6.45, 7) is 0.577. The van der Waals surface area contributed by atoms with Crippen LogP contribution in [0.4, 0.5) is 0 Å². The molecule has 1 unspecified atom stereocenters. The van der Waals surface area contributed by atoms with E-state index in [0.29, 0.717) is 22.9 Å². The molecule has 17 heavy (non-hydrogen) atoms. The number of carbonyl (C=O) groups is 1. The van der Waals surface area contributed by atoms with Gasteiger partial charge in [0.1, 0.15) is 0 Å². The Morgan fingerprint density at radius 2 is 1.82 bits per heavy atom. The van der Waals surface area contributed by atoms with Crippen LogP contribution in [-0.2, 0) is 15.8 Å². The van der Waals surface area contributed by atoms with E-state index in [0.717, 1.165) is 19.3 Å². The summed E-state index contributed by atoms with van der Waals surface area (Å²) in [6, 6.07) is 6.79. The van der Waals surface area contributed by atoms with E-state index >= 15 is 0 Å². The van der Waals surface area contributed by atoms with Crippen LogP contribution >= 0.6 is 11.6 Å². The van der Waals surface area contributed by atoms with Gasteiger partial charge in [-0.25, -0.2) is 4.21 Å². The molecule has 0 saturated carbocycles. The average Bonchev–Trinajstić information content (AvgIpc) is 2.54. The number of carbonyl (C=O) groups excluding carboxylic acids is 1. The van der Waals surface area contributed by atoms with E-state index in [1.165, 1.54) is 4.31 Å². The van der Waals surface area contributed by atoms with Crippen molar-refractivity contribution in [1.29, 1.82) is 0 Å². The normalized spacial score (nSPS) is 18.9. The van der Waals surface area contributed by atoms with Crippen LogP contribution in [0.3, 0.4) is 0 Å². The van der Waals surface area contributed by atoms with Crippen LogP contribution in [0.5, 0.6) is 0 Å². The summed E-state index contributed by atoms with van der Waals surface area (Å²) in [5.74, 6) is -0.0178. The van der Waals surface area contributed by atoms with Gasteiger partial charge in [0, 0.05) is 18.0 Å². The predicted molar refractivity (Wildman–Crippen MR) is 68.0 cm³/mol. The first kappa shape index (κ1) is 12.6. The number of rotatable bonds is 2. The molecule has 1 aliphatic rings. The van der Waals surface area contributed by atoms with E-state index in [1.807, 2.05) is 0 Å². The fourth-order valence-electron chi connectivity index (χ4n) is 1.81. The van der Waals surface area contributed by atoms with Gasteiger partial charge < -0.3 is 0 Å². The third-order valence-electron chi connectivity index (χ3n) is 2.75. The van der Waals surface area contributed by atoms with E-state index in [-0.39, 0.29) is 5.91 Å². The molecule has 1 aromatic carbocycles. The monoisotopic (exact) mass is 271 g/mol. The number of nitrogens with zero attached hydrogens (tertiary/aromatic N) is 1. The zero-order chi connectivity index (χ0) is 12.3. The number of benzene rings is 1. The molecule has 0 bridgehead atoms. The molecule has 1 atom stereocenters. The first-order valence-corrected chi connectivity index (χ1v) is 7.15. The van der Waals surface area contributed by atoms with Crippen molar-refractivity contribution in [1.82, 2.24) is 4.31 Å². The van der Waals surface area contributed by atoms with Gasteiger partial charge in [0.15, 0.2) is 11.0 Å². The van der Waals surface area contributed by atoms with Crippen LogP contribution < -0.4 is 0 Å². The summed E-state index contributed by atoms with van der Waals surface area (Å²) < 4.78 is 13.7. The molecule has 0 aromatic heterocycles. The maximum Gasteiger partial charge on any atom is 0.234 e. The summed E-state index contributed by atoms with van der Waals surface area (Å²) >= 11 is 5.78. The molecule has 1 aliphatic heterocycles. The SMILES string of the molecule is O=C1CCCCCN1S(=O)c1ccc(Cl)cc1. The van der Waals surface area contributed by atoms with Gasteiger partial charge in [0.25, 0.3) is 0 Å². The van der Waals surface area contributed by atoms with Gasteiger partial charge in [-0.05, 0) is 37.1 Å². The number of hydrogen-bond donors (Lipinski definition) is 0. The zero-order valence-corrected chi connectivity index (χ0v) is 11.0. The number of amides is 1. The molecule has 0 spiro atoms. The van der Waals surface area contributed by atoms with Crippen LogP contribution in [0.15, 0.2) is 29.2 Å². The van der Waals surface area contributed by atoms with E-state index in [9.17, 15) is 9.00 Å². The Morgan fingerprint density at radius 3 is 2.53 bits per heavy atom. The molecule has 1 fully saturated rings. The number of hydrogen-bond acceptors (Lipinski definition) is 2. The summed E-state index contributed by atoms with van der Waals surface area (Å²) in [6.07, 6.45) is 3.34. The Labute approximate surface area is 108 Å². The second kappa shape index (κ2) is 5.65. The van der Waals surface area contributed by atoms with Gasteiger partial charge in [0.05, 0.1) is 4.90 Å². The summed E-state index contributed by atoms with van der Waals surface area (Å²) in [7, 11) is -1.39. The van der Waals surface area contributed by atoms with Crippen LogP contribution in [0.1, 0.15) is 25.7 Å². The van der Waals surface area contributed by atoms with Gasteiger partial charge >= 0.3 is 0 Å². The van der Waals surface area contributed by atoms with Gasteiger partial charge in [-0.2, -0.15) is 0 Å². The van der Waals surface area contributed by atoms with Crippen molar-refractivity contribution in [2.75, 3.05) is 6.54 Å².